The summed E-state index contributed by atoms with van der Waals surface area (Å²) >= 11 is 12.1. The van der Waals surface area contributed by atoms with Gasteiger partial charge in [0.2, 0.25) is 0 Å². The van der Waals surface area contributed by atoms with Crippen LogP contribution in [0.3, 0.4) is 0 Å². The molecule has 0 aliphatic carbocycles. The highest BCUT2D eigenvalue weighted by Crippen LogP contribution is 2.26. The van der Waals surface area contributed by atoms with E-state index < -0.39 is 0 Å². The number of nitrogens with zero attached hydrogens (tertiary/aromatic N) is 3. The Bertz CT molecular complexity index is 924. The third-order valence-corrected chi connectivity index (χ3v) is 4.29. The molecule has 0 bridgehead atoms. The number of H-pyrrole nitrogens is 1. The summed E-state index contributed by atoms with van der Waals surface area (Å²) in [5, 5.41) is 1.04. The van der Waals surface area contributed by atoms with E-state index in [1.807, 2.05) is 0 Å². The number of aromatic amines is 1. The molecule has 0 unspecified atom stereocenters. The molecule has 0 atom stereocenters. The second-order valence-corrected chi connectivity index (χ2v) is 6.26. The van der Waals surface area contributed by atoms with Crippen molar-refractivity contribution >= 4 is 34.4 Å². The maximum absolute atomic E-state index is 12.5. The van der Waals surface area contributed by atoms with Crippen molar-refractivity contribution in [1.82, 2.24) is 19.5 Å². The van der Waals surface area contributed by atoms with E-state index in [0.29, 0.717) is 33.6 Å². The number of benzene rings is 1. The molecule has 4 rings (SSSR count). The molecule has 22 heavy (non-hydrogen) atoms. The minimum atomic E-state index is -0.0877. The zero-order chi connectivity index (χ0) is 15.3. The Labute approximate surface area is 135 Å². The standard InChI is InChI=1S/C15H12Cl2N4O/c16-9-5-8(6-10(17)7-9)13-19-12-14(20-13)18-11-3-1-2-4-21(11)15(12)22/h5-7H,1-4H2,(H,19,20). The van der Waals surface area contributed by atoms with Crippen LogP contribution in [0.25, 0.3) is 22.6 Å². The van der Waals surface area contributed by atoms with Crippen LogP contribution in [0.2, 0.25) is 10.0 Å². The van der Waals surface area contributed by atoms with Gasteiger partial charge in [0.15, 0.2) is 11.2 Å². The Morgan fingerprint density at radius 2 is 1.86 bits per heavy atom. The van der Waals surface area contributed by atoms with Gasteiger partial charge in [0.1, 0.15) is 11.6 Å². The molecular weight excluding hydrogens is 323 g/mol. The van der Waals surface area contributed by atoms with Gasteiger partial charge in [0.05, 0.1) is 0 Å². The first kappa shape index (κ1) is 13.8. The van der Waals surface area contributed by atoms with Gasteiger partial charge in [-0.2, -0.15) is 0 Å². The molecule has 0 radical (unpaired) electrons. The van der Waals surface area contributed by atoms with Gasteiger partial charge in [-0.3, -0.25) is 9.36 Å². The number of imidazole rings is 1. The number of aromatic nitrogens is 4. The van der Waals surface area contributed by atoms with Gasteiger partial charge in [-0.05, 0) is 31.0 Å². The maximum Gasteiger partial charge on any atom is 0.281 e. The quantitative estimate of drug-likeness (QED) is 0.741. The predicted molar refractivity (Wildman–Crippen MR) is 86.5 cm³/mol. The molecule has 3 heterocycles. The summed E-state index contributed by atoms with van der Waals surface area (Å²) in [5.74, 6) is 1.37. The first-order valence-corrected chi connectivity index (χ1v) is 7.83. The molecule has 2 aromatic heterocycles. The van der Waals surface area contributed by atoms with Crippen molar-refractivity contribution in [1.29, 1.82) is 0 Å². The van der Waals surface area contributed by atoms with E-state index in [2.05, 4.69) is 15.0 Å². The zero-order valence-electron chi connectivity index (χ0n) is 11.6. The van der Waals surface area contributed by atoms with Gasteiger partial charge in [0.25, 0.3) is 5.56 Å². The number of hydrogen-bond acceptors (Lipinski definition) is 3. The van der Waals surface area contributed by atoms with Gasteiger partial charge in [-0.1, -0.05) is 23.2 Å². The summed E-state index contributed by atoms with van der Waals surface area (Å²) in [6.07, 6.45) is 2.88. The normalized spacial score (nSPS) is 14.3. The topological polar surface area (TPSA) is 63.6 Å². The van der Waals surface area contributed by atoms with Crippen LogP contribution >= 0.6 is 23.2 Å². The number of halogens is 2. The molecule has 0 amide bonds. The minimum Gasteiger partial charge on any atom is -0.322 e. The SMILES string of the molecule is O=c1c2nc(-c3cc(Cl)cc(Cl)c3)[nH]c2nc2n1CCCC2. The van der Waals surface area contributed by atoms with E-state index >= 15 is 0 Å². The Morgan fingerprint density at radius 3 is 2.64 bits per heavy atom. The fraction of sp³-hybridized carbons (Fsp3) is 0.267. The van der Waals surface area contributed by atoms with Crippen LogP contribution in [0.4, 0.5) is 0 Å². The van der Waals surface area contributed by atoms with Crippen LogP contribution in [-0.4, -0.2) is 19.5 Å². The van der Waals surface area contributed by atoms with E-state index in [9.17, 15) is 4.79 Å². The minimum absolute atomic E-state index is 0.0877. The summed E-state index contributed by atoms with van der Waals surface area (Å²) in [7, 11) is 0. The molecule has 112 valence electrons. The number of rotatable bonds is 1. The van der Waals surface area contributed by atoms with Crippen molar-refractivity contribution in [2.75, 3.05) is 0 Å². The van der Waals surface area contributed by atoms with Crippen molar-refractivity contribution in [3.63, 3.8) is 0 Å². The lowest BCUT2D eigenvalue weighted by molar-refractivity contribution is 0.500. The van der Waals surface area contributed by atoms with Crippen molar-refractivity contribution in [3.05, 3.63) is 44.4 Å². The summed E-state index contributed by atoms with van der Waals surface area (Å²) in [5.41, 5.74) is 1.52. The van der Waals surface area contributed by atoms with Crippen LogP contribution in [0.5, 0.6) is 0 Å². The van der Waals surface area contributed by atoms with Crippen molar-refractivity contribution < 1.29 is 0 Å². The third kappa shape index (κ3) is 2.21. The van der Waals surface area contributed by atoms with E-state index in [4.69, 9.17) is 23.2 Å². The molecule has 7 heteroatoms. The Kier molecular flexibility index (Phi) is 3.20. The van der Waals surface area contributed by atoms with E-state index in [1.165, 1.54) is 0 Å². The van der Waals surface area contributed by atoms with Crippen molar-refractivity contribution in [2.24, 2.45) is 0 Å². The molecule has 1 aliphatic rings. The first-order valence-electron chi connectivity index (χ1n) is 7.08. The Balaban J connectivity index is 1.94. The highest BCUT2D eigenvalue weighted by atomic mass is 35.5. The number of hydrogen-bond donors (Lipinski definition) is 1. The van der Waals surface area contributed by atoms with E-state index in [1.54, 1.807) is 22.8 Å². The molecule has 1 aliphatic heterocycles. The fourth-order valence-electron chi connectivity index (χ4n) is 2.83. The van der Waals surface area contributed by atoms with Gasteiger partial charge < -0.3 is 4.98 Å². The highest BCUT2D eigenvalue weighted by molar-refractivity contribution is 6.35. The molecule has 1 aromatic carbocycles. The lowest BCUT2D eigenvalue weighted by atomic mass is 10.1. The highest BCUT2D eigenvalue weighted by Gasteiger charge is 2.18. The average molecular weight is 335 g/mol. The van der Waals surface area contributed by atoms with Gasteiger partial charge in [-0.15, -0.1) is 0 Å². The summed E-state index contributed by atoms with van der Waals surface area (Å²) < 4.78 is 1.72. The molecule has 3 aromatic rings. The predicted octanol–water partition coefficient (Wildman–Crippen LogP) is 3.43. The van der Waals surface area contributed by atoms with Crippen LogP contribution in [0, 0.1) is 0 Å². The molecule has 0 fully saturated rings. The van der Waals surface area contributed by atoms with Crippen molar-refractivity contribution in [2.45, 2.75) is 25.8 Å². The van der Waals surface area contributed by atoms with Crippen LogP contribution in [-0.2, 0) is 13.0 Å². The number of fused-ring (bicyclic) bond motifs is 2. The Hall–Kier alpha value is -1.85. The van der Waals surface area contributed by atoms with E-state index in [-0.39, 0.29) is 5.56 Å². The number of nitrogens with one attached hydrogen (secondary N) is 1. The second-order valence-electron chi connectivity index (χ2n) is 5.38. The molecular formula is C15H12Cl2N4O. The van der Waals surface area contributed by atoms with Gasteiger partial charge in [-0.25, -0.2) is 9.97 Å². The van der Waals surface area contributed by atoms with Crippen LogP contribution in [0.15, 0.2) is 23.0 Å². The number of aryl methyl sites for hydroxylation is 1. The summed E-state index contributed by atoms with van der Waals surface area (Å²) in [4.78, 5) is 24.6. The monoisotopic (exact) mass is 334 g/mol. The summed E-state index contributed by atoms with van der Waals surface area (Å²) in [6, 6.07) is 5.16. The Morgan fingerprint density at radius 1 is 1.09 bits per heavy atom. The molecule has 1 N–H and O–H groups in total. The molecule has 5 nitrogen and oxygen atoms in total. The maximum atomic E-state index is 12.5. The smallest absolute Gasteiger partial charge is 0.281 e. The van der Waals surface area contributed by atoms with Crippen molar-refractivity contribution in [3.8, 4) is 11.4 Å². The zero-order valence-corrected chi connectivity index (χ0v) is 13.1. The van der Waals surface area contributed by atoms with E-state index in [0.717, 1.165) is 30.7 Å². The van der Waals surface area contributed by atoms with Gasteiger partial charge >= 0.3 is 0 Å². The largest absolute Gasteiger partial charge is 0.322 e. The molecule has 0 spiro atoms. The average Bonchev–Trinajstić information content (AvgIpc) is 2.91. The fourth-order valence-corrected chi connectivity index (χ4v) is 3.36. The summed E-state index contributed by atoms with van der Waals surface area (Å²) in [6.45, 7) is 0.711. The van der Waals surface area contributed by atoms with Crippen LogP contribution < -0.4 is 5.56 Å². The lowest BCUT2D eigenvalue weighted by Crippen LogP contribution is -2.28. The van der Waals surface area contributed by atoms with Crippen LogP contribution in [0.1, 0.15) is 18.7 Å². The molecule has 0 saturated carbocycles. The first-order chi connectivity index (χ1) is 10.6. The van der Waals surface area contributed by atoms with Gasteiger partial charge in [0, 0.05) is 28.6 Å². The lowest BCUT2D eigenvalue weighted by Gasteiger charge is -2.16. The molecule has 0 saturated heterocycles. The third-order valence-electron chi connectivity index (χ3n) is 3.85. The second kappa shape index (κ2) is 5.11.